The average molecular weight is 318 g/mol. The maximum absolute atomic E-state index is 6.08. The Morgan fingerprint density at radius 1 is 1.23 bits per heavy atom. The van der Waals surface area contributed by atoms with Gasteiger partial charge in [0, 0.05) is 44.1 Å². The summed E-state index contributed by atoms with van der Waals surface area (Å²) < 4.78 is 2.30. The van der Waals surface area contributed by atoms with Crippen molar-refractivity contribution in [2.45, 2.75) is 51.0 Å². The van der Waals surface area contributed by atoms with Gasteiger partial charge in [0.15, 0.2) is 0 Å². The van der Waals surface area contributed by atoms with Gasteiger partial charge in [0.2, 0.25) is 0 Å². The third kappa shape index (κ3) is 3.09. The smallest absolute Gasteiger partial charge is 0.135 e. The molecule has 0 unspecified atom stereocenters. The van der Waals surface area contributed by atoms with Gasteiger partial charge in [0.1, 0.15) is 22.6 Å². The summed E-state index contributed by atoms with van der Waals surface area (Å²) in [6.07, 6.45) is 9.10. The SMILES string of the molecule is Clc1cc(NCCc2cn3c(n2)CCCC3)nc(C2CC2)n1. The minimum atomic E-state index is 0.513. The lowest BCUT2D eigenvalue weighted by Crippen LogP contribution is -2.09. The van der Waals surface area contributed by atoms with E-state index in [0.717, 1.165) is 43.3 Å². The van der Waals surface area contributed by atoms with Crippen molar-refractivity contribution in [3.8, 4) is 0 Å². The molecule has 5 nitrogen and oxygen atoms in total. The van der Waals surface area contributed by atoms with E-state index < -0.39 is 0 Å². The maximum Gasteiger partial charge on any atom is 0.135 e. The molecular formula is C16H20ClN5. The molecule has 0 saturated heterocycles. The summed E-state index contributed by atoms with van der Waals surface area (Å²) >= 11 is 6.08. The lowest BCUT2D eigenvalue weighted by atomic mass is 10.2. The molecule has 0 amide bonds. The zero-order valence-corrected chi connectivity index (χ0v) is 13.3. The largest absolute Gasteiger partial charge is 0.370 e. The number of rotatable bonds is 5. The predicted octanol–water partition coefficient (Wildman–Crippen LogP) is 3.19. The van der Waals surface area contributed by atoms with Crippen LogP contribution in [0.2, 0.25) is 5.15 Å². The monoisotopic (exact) mass is 317 g/mol. The lowest BCUT2D eigenvalue weighted by molar-refractivity contribution is 0.522. The molecule has 0 aromatic carbocycles. The summed E-state index contributed by atoms with van der Waals surface area (Å²) in [5.41, 5.74) is 1.16. The Morgan fingerprint density at radius 3 is 2.95 bits per heavy atom. The summed E-state index contributed by atoms with van der Waals surface area (Å²) in [4.78, 5) is 13.6. The molecule has 6 heteroatoms. The average Bonchev–Trinajstić information content (AvgIpc) is 3.27. The molecule has 1 fully saturated rings. The third-order valence-corrected chi connectivity index (χ3v) is 4.49. The van der Waals surface area contributed by atoms with Crippen molar-refractivity contribution in [3.63, 3.8) is 0 Å². The Labute approximate surface area is 135 Å². The molecule has 1 N–H and O–H groups in total. The van der Waals surface area contributed by atoms with Crippen LogP contribution < -0.4 is 5.32 Å². The van der Waals surface area contributed by atoms with E-state index in [9.17, 15) is 0 Å². The first-order valence-electron chi connectivity index (χ1n) is 8.11. The second-order valence-corrected chi connectivity index (χ2v) is 6.57. The molecule has 22 heavy (non-hydrogen) atoms. The molecule has 4 rings (SSSR count). The van der Waals surface area contributed by atoms with Crippen LogP contribution in [0.5, 0.6) is 0 Å². The number of anilines is 1. The standard InChI is InChI=1S/C16H20ClN5/c17-13-9-14(21-16(20-13)11-4-5-11)18-7-6-12-10-22-8-2-1-3-15(22)19-12/h9-11H,1-8H2,(H,18,20,21). The fourth-order valence-corrected chi connectivity index (χ4v) is 3.15. The highest BCUT2D eigenvalue weighted by Gasteiger charge is 2.27. The zero-order chi connectivity index (χ0) is 14.9. The van der Waals surface area contributed by atoms with Gasteiger partial charge in [0.25, 0.3) is 0 Å². The van der Waals surface area contributed by atoms with Crippen molar-refractivity contribution < 1.29 is 0 Å². The third-order valence-electron chi connectivity index (χ3n) is 4.30. The van der Waals surface area contributed by atoms with Crippen LogP contribution in [0, 0.1) is 0 Å². The molecule has 0 atom stereocenters. The summed E-state index contributed by atoms with van der Waals surface area (Å²) in [6.45, 7) is 1.93. The Morgan fingerprint density at radius 2 is 2.14 bits per heavy atom. The number of aromatic nitrogens is 4. The molecule has 2 aromatic rings. The highest BCUT2D eigenvalue weighted by Crippen LogP contribution is 2.38. The highest BCUT2D eigenvalue weighted by atomic mass is 35.5. The number of nitrogens with zero attached hydrogens (tertiary/aromatic N) is 4. The molecule has 3 heterocycles. The van der Waals surface area contributed by atoms with Crippen LogP contribution in [0.4, 0.5) is 5.82 Å². The Balaban J connectivity index is 1.37. The second-order valence-electron chi connectivity index (χ2n) is 6.18. The van der Waals surface area contributed by atoms with Crippen LogP contribution in [0.3, 0.4) is 0 Å². The minimum Gasteiger partial charge on any atom is -0.370 e. The number of fused-ring (bicyclic) bond motifs is 1. The number of hydrogen-bond donors (Lipinski definition) is 1. The summed E-state index contributed by atoms with van der Waals surface area (Å²) in [5, 5.41) is 3.88. The van der Waals surface area contributed by atoms with Gasteiger partial charge in [-0.15, -0.1) is 0 Å². The Kier molecular flexibility index (Phi) is 3.74. The van der Waals surface area contributed by atoms with E-state index in [1.807, 2.05) is 0 Å². The molecule has 0 radical (unpaired) electrons. The number of nitrogens with one attached hydrogen (secondary N) is 1. The van der Waals surface area contributed by atoms with Gasteiger partial charge in [-0.05, 0) is 25.7 Å². The first kappa shape index (κ1) is 14.0. The predicted molar refractivity (Wildman–Crippen MR) is 86.4 cm³/mol. The van der Waals surface area contributed by atoms with Crippen molar-refractivity contribution in [1.29, 1.82) is 0 Å². The minimum absolute atomic E-state index is 0.513. The molecule has 1 aliphatic carbocycles. The van der Waals surface area contributed by atoms with E-state index in [2.05, 4.69) is 26.0 Å². The number of halogens is 1. The Hall–Kier alpha value is -1.62. The van der Waals surface area contributed by atoms with Gasteiger partial charge in [-0.2, -0.15) is 0 Å². The van der Waals surface area contributed by atoms with E-state index in [1.54, 1.807) is 6.07 Å². The van der Waals surface area contributed by atoms with E-state index in [4.69, 9.17) is 16.6 Å². The van der Waals surface area contributed by atoms with E-state index in [1.165, 1.54) is 31.5 Å². The topological polar surface area (TPSA) is 55.6 Å². The van der Waals surface area contributed by atoms with Crippen LogP contribution in [0.1, 0.15) is 48.9 Å². The zero-order valence-electron chi connectivity index (χ0n) is 12.6. The van der Waals surface area contributed by atoms with Crippen LogP contribution in [0.15, 0.2) is 12.3 Å². The molecule has 2 aromatic heterocycles. The second kappa shape index (κ2) is 5.88. The molecule has 2 aliphatic rings. The van der Waals surface area contributed by atoms with Crippen LogP contribution in [-0.2, 0) is 19.4 Å². The molecule has 1 saturated carbocycles. The highest BCUT2D eigenvalue weighted by molar-refractivity contribution is 6.29. The fraction of sp³-hybridized carbons (Fsp3) is 0.562. The molecule has 0 bridgehead atoms. The maximum atomic E-state index is 6.08. The molecule has 116 valence electrons. The van der Waals surface area contributed by atoms with E-state index in [-0.39, 0.29) is 0 Å². The van der Waals surface area contributed by atoms with Crippen LogP contribution >= 0.6 is 11.6 Å². The number of hydrogen-bond acceptors (Lipinski definition) is 4. The van der Waals surface area contributed by atoms with Crippen molar-refractivity contribution in [2.75, 3.05) is 11.9 Å². The van der Waals surface area contributed by atoms with Gasteiger partial charge >= 0.3 is 0 Å². The van der Waals surface area contributed by atoms with Gasteiger partial charge in [-0.25, -0.2) is 15.0 Å². The molecule has 1 aliphatic heterocycles. The van der Waals surface area contributed by atoms with Crippen LogP contribution in [-0.4, -0.2) is 26.1 Å². The first-order chi connectivity index (χ1) is 10.8. The van der Waals surface area contributed by atoms with Gasteiger partial charge in [0.05, 0.1) is 5.69 Å². The Bertz CT molecular complexity index is 654. The fourth-order valence-electron chi connectivity index (χ4n) is 2.96. The van der Waals surface area contributed by atoms with Crippen molar-refractivity contribution >= 4 is 17.4 Å². The van der Waals surface area contributed by atoms with Gasteiger partial charge in [-0.1, -0.05) is 11.6 Å². The van der Waals surface area contributed by atoms with E-state index in [0.29, 0.717) is 11.1 Å². The number of imidazole rings is 1. The number of aryl methyl sites for hydroxylation is 2. The van der Waals surface area contributed by atoms with Crippen molar-refractivity contribution in [2.24, 2.45) is 0 Å². The quantitative estimate of drug-likeness (QED) is 0.860. The first-order valence-corrected chi connectivity index (χ1v) is 8.49. The summed E-state index contributed by atoms with van der Waals surface area (Å²) in [5.74, 6) is 3.46. The van der Waals surface area contributed by atoms with Crippen LogP contribution in [0.25, 0.3) is 0 Å². The van der Waals surface area contributed by atoms with Crippen molar-refractivity contribution in [3.05, 3.63) is 34.8 Å². The summed E-state index contributed by atoms with van der Waals surface area (Å²) in [6, 6.07) is 1.80. The molecular weight excluding hydrogens is 298 g/mol. The summed E-state index contributed by atoms with van der Waals surface area (Å²) in [7, 11) is 0. The van der Waals surface area contributed by atoms with Crippen molar-refractivity contribution in [1.82, 2.24) is 19.5 Å². The van der Waals surface area contributed by atoms with E-state index >= 15 is 0 Å². The van der Waals surface area contributed by atoms with Gasteiger partial charge in [-0.3, -0.25) is 0 Å². The van der Waals surface area contributed by atoms with Gasteiger partial charge < -0.3 is 9.88 Å². The lowest BCUT2D eigenvalue weighted by Gasteiger charge is -2.11. The molecule has 0 spiro atoms. The normalized spacial score (nSPS) is 17.3.